The van der Waals surface area contributed by atoms with E-state index in [1.54, 1.807) is 0 Å². The Morgan fingerprint density at radius 2 is 1.45 bits per heavy atom. The molecular weight excluding hydrogens is 132 g/mol. The van der Waals surface area contributed by atoms with Crippen molar-refractivity contribution in [3.05, 3.63) is 0 Å². The third-order valence-electron chi connectivity index (χ3n) is 2.55. The Kier molecular flexibility index (Phi) is 4.13. The monoisotopic (exact) mass is 156 g/mol. The number of hydrogen-bond acceptors (Lipinski definition) is 0. The van der Waals surface area contributed by atoms with Crippen molar-refractivity contribution in [2.75, 3.05) is 0 Å². The van der Waals surface area contributed by atoms with Crippen molar-refractivity contribution in [2.45, 2.75) is 54.4 Å². The van der Waals surface area contributed by atoms with Gasteiger partial charge >= 0.3 is 0 Å². The van der Waals surface area contributed by atoms with Gasteiger partial charge in [-0.1, -0.05) is 48.0 Å². The van der Waals surface area contributed by atoms with Crippen LogP contribution in [-0.4, -0.2) is 0 Å². The van der Waals surface area contributed by atoms with E-state index >= 15 is 0 Å². The Labute approximate surface area is 72.4 Å². The minimum absolute atomic E-state index is 0.503. The van der Waals surface area contributed by atoms with Gasteiger partial charge in [-0.25, -0.2) is 0 Å². The standard InChI is InChI=1S/C11H24/c1-7-9(2)10(3)8-11(4,5)6/h9-10H,7-8H2,1-6H3. The number of hydrogen-bond donors (Lipinski definition) is 0. The minimum Gasteiger partial charge on any atom is -0.0651 e. The summed E-state index contributed by atoms with van der Waals surface area (Å²) in [5, 5.41) is 0. The van der Waals surface area contributed by atoms with E-state index in [1.807, 2.05) is 0 Å². The molecule has 0 nitrogen and oxygen atoms in total. The topological polar surface area (TPSA) is 0 Å². The summed E-state index contributed by atoms with van der Waals surface area (Å²) >= 11 is 0. The first-order valence-corrected chi connectivity index (χ1v) is 4.87. The molecule has 0 saturated heterocycles. The SMILES string of the molecule is CCC(C)C(C)CC(C)(C)C. The quantitative estimate of drug-likeness (QED) is 0.577. The third-order valence-corrected chi connectivity index (χ3v) is 2.55. The summed E-state index contributed by atoms with van der Waals surface area (Å²) in [6.07, 6.45) is 2.67. The summed E-state index contributed by atoms with van der Waals surface area (Å²) in [5.74, 6) is 1.76. The maximum atomic E-state index is 2.37. The zero-order chi connectivity index (χ0) is 9.07. The van der Waals surface area contributed by atoms with E-state index in [2.05, 4.69) is 41.5 Å². The highest BCUT2D eigenvalue weighted by atomic mass is 14.2. The van der Waals surface area contributed by atoms with Gasteiger partial charge in [0.05, 0.1) is 0 Å². The molecule has 0 bridgehead atoms. The van der Waals surface area contributed by atoms with Crippen LogP contribution in [0.15, 0.2) is 0 Å². The average molecular weight is 156 g/mol. The van der Waals surface area contributed by atoms with Gasteiger partial charge in [0.1, 0.15) is 0 Å². The first kappa shape index (κ1) is 11.0. The first-order valence-electron chi connectivity index (χ1n) is 4.87. The smallest absolute Gasteiger partial charge is 0.0380 e. The lowest BCUT2D eigenvalue weighted by Gasteiger charge is -2.26. The summed E-state index contributed by atoms with van der Waals surface area (Å²) in [7, 11) is 0. The van der Waals surface area contributed by atoms with Gasteiger partial charge in [-0.2, -0.15) is 0 Å². The molecule has 0 aliphatic rings. The third kappa shape index (κ3) is 5.29. The number of rotatable bonds is 3. The Morgan fingerprint density at radius 1 is 1.00 bits per heavy atom. The molecular formula is C11H24. The second kappa shape index (κ2) is 4.13. The molecule has 0 heteroatoms. The van der Waals surface area contributed by atoms with Crippen LogP contribution in [0, 0.1) is 17.3 Å². The predicted octanol–water partition coefficient (Wildman–Crippen LogP) is 4.10. The van der Waals surface area contributed by atoms with E-state index in [4.69, 9.17) is 0 Å². The molecule has 11 heavy (non-hydrogen) atoms. The fourth-order valence-corrected chi connectivity index (χ4v) is 1.57. The maximum Gasteiger partial charge on any atom is -0.0380 e. The average Bonchev–Trinajstić information content (AvgIpc) is 1.82. The van der Waals surface area contributed by atoms with Crippen LogP contribution in [0.1, 0.15) is 54.4 Å². The lowest BCUT2D eigenvalue weighted by Crippen LogP contribution is -2.16. The van der Waals surface area contributed by atoms with Crippen LogP contribution in [-0.2, 0) is 0 Å². The van der Waals surface area contributed by atoms with E-state index in [0.717, 1.165) is 11.8 Å². The summed E-state index contributed by atoms with van der Waals surface area (Å²) in [5.41, 5.74) is 0.503. The molecule has 0 radical (unpaired) electrons. The maximum absolute atomic E-state index is 2.37. The van der Waals surface area contributed by atoms with Gasteiger partial charge in [-0.3, -0.25) is 0 Å². The molecule has 0 fully saturated rings. The van der Waals surface area contributed by atoms with E-state index in [0.29, 0.717) is 5.41 Å². The van der Waals surface area contributed by atoms with E-state index in [9.17, 15) is 0 Å². The van der Waals surface area contributed by atoms with Crippen molar-refractivity contribution >= 4 is 0 Å². The Morgan fingerprint density at radius 3 is 1.73 bits per heavy atom. The molecule has 2 unspecified atom stereocenters. The van der Waals surface area contributed by atoms with Crippen LogP contribution >= 0.6 is 0 Å². The fourth-order valence-electron chi connectivity index (χ4n) is 1.57. The summed E-state index contributed by atoms with van der Waals surface area (Å²) in [6.45, 7) is 14.0. The van der Waals surface area contributed by atoms with E-state index in [1.165, 1.54) is 12.8 Å². The summed E-state index contributed by atoms with van der Waals surface area (Å²) in [6, 6.07) is 0. The van der Waals surface area contributed by atoms with Crippen molar-refractivity contribution in [2.24, 2.45) is 17.3 Å². The summed E-state index contributed by atoms with van der Waals surface area (Å²) in [4.78, 5) is 0. The van der Waals surface area contributed by atoms with Crippen molar-refractivity contribution in [1.29, 1.82) is 0 Å². The molecule has 2 atom stereocenters. The largest absolute Gasteiger partial charge is 0.0651 e. The van der Waals surface area contributed by atoms with Crippen molar-refractivity contribution in [3.63, 3.8) is 0 Å². The van der Waals surface area contributed by atoms with Gasteiger partial charge in [0.25, 0.3) is 0 Å². The lowest BCUT2D eigenvalue weighted by molar-refractivity contribution is 0.245. The molecule has 0 rings (SSSR count). The van der Waals surface area contributed by atoms with Crippen LogP contribution in [0.3, 0.4) is 0 Å². The van der Waals surface area contributed by atoms with Crippen LogP contribution in [0.25, 0.3) is 0 Å². The van der Waals surface area contributed by atoms with Gasteiger partial charge in [-0.05, 0) is 23.7 Å². The molecule has 0 saturated carbocycles. The van der Waals surface area contributed by atoms with Gasteiger partial charge in [0.2, 0.25) is 0 Å². The van der Waals surface area contributed by atoms with Crippen LogP contribution in [0.5, 0.6) is 0 Å². The molecule has 0 heterocycles. The Balaban J connectivity index is 3.77. The predicted molar refractivity (Wildman–Crippen MR) is 52.7 cm³/mol. The van der Waals surface area contributed by atoms with Gasteiger partial charge in [0.15, 0.2) is 0 Å². The van der Waals surface area contributed by atoms with Crippen LogP contribution < -0.4 is 0 Å². The zero-order valence-corrected chi connectivity index (χ0v) is 9.07. The normalized spacial score (nSPS) is 18.0. The molecule has 0 spiro atoms. The second-order valence-electron chi connectivity index (χ2n) is 5.13. The molecule has 0 aromatic rings. The molecule has 0 aliphatic heterocycles. The van der Waals surface area contributed by atoms with Crippen molar-refractivity contribution in [1.82, 2.24) is 0 Å². The van der Waals surface area contributed by atoms with Crippen LogP contribution in [0.4, 0.5) is 0 Å². The van der Waals surface area contributed by atoms with Crippen molar-refractivity contribution in [3.8, 4) is 0 Å². The van der Waals surface area contributed by atoms with E-state index in [-0.39, 0.29) is 0 Å². The Bertz CT molecular complexity index is 97.1. The molecule has 0 aromatic heterocycles. The van der Waals surface area contributed by atoms with Gasteiger partial charge in [-0.15, -0.1) is 0 Å². The highest BCUT2D eigenvalue weighted by Gasteiger charge is 2.18. The second-order valence-corrected chi connectivity index (χ2v) is 5.13. The Hall–Kier alpha value is 0. The molecule has 0 aromatic carbocycles. The lowest BCUT2D eigenvalue weighted by atomic mass is 9.79. The summed E-state index contributed by atoms with van der Waals surface area (Å²) < 4.78 is 0. The molecule has 0 N–H and O–H groups in total. The first-order chi connectivity index (χ1) is 4.87. The minimum atomic E-state index is 0.503. The van der Waals surface area contributed by atoms with Gasteiger partial charge in [0, 0.05) is 0 Å². The molecule has 0 amide bonds. The zero-order valence-electron chi connectivity index (χ0n) is 9.07. The van der Waals surface area contributed by atoms with Crippen LogP contribution in [0.2, 0.25) is 0 Å². The highest BCUT2D eigenvalue weighted by Crippen LogP contribution is 2.29. The van der Waals surface area contributed by atoms with Gasteiger partial charge < -0.3 is 0 Å². The molecule has 68 valence electrons. The highest BCUT2D eigenvalue weighted by molar-refractivity contribution is 4.69. The fraction of sp³-hybridized carbons (Fsp3) is 1.00. The van der Waals surface area contributed by atoms with E-state index < -0.39 is 0 Å². The van der Waals surface area contributed by atoms with Crippen molar-refractivity contribution < 1.29 is 0 Å². The molecule has 0 aliphatic carbocycles.